The van der Waals surface area contributed by atoms with Gasteiger partial charge < -0.3 is 15.1 Å². The molecule has 1 aliphatic rings. The molecule has 0 saturated carbocycles. The van der Waals surface area contributed by atoms with E-state index >= 15 is 0 Å². The van der Waals surface area contributed by atoms with Crippen LogP contribution in [0.2, 0.25) is 0 Å². The zero-order chi connectivity index (χ0) is 21.6. The number of nitrogens with zero attached hydrogens (tertiary/aromatic N) is 5. The third-order valence-electron chi connectivity index (χ3n) is 5.44. The van der Waals surface area contributed by atoms with E-state index in [2.05, 4.69) is 45.4 Å². The van der Waals surface area contributed by atoms with E-state index in [0.717, 1.165) is 56.0 Å². The van der Waals surface area contributed by atoms with Crippen molar-refractivity contribution < 1.29 is 4.39 Å². The van der Waals surface area contributed by atoms with E-state index in [0.29, 0.717) is 5.56 Å². The molecule has 0 aliphatic carbocycles. The molecular formula is C24H29FN6. The van der Waals surface area contributed by atoms with Crippen LogP contribution in [0.1, 0.15) is 11.1 Å². The number of anilines is 4. The second kappa shape index (κ2) is 9.75. The summed E-state index contributed by atoms with van der Waals surface area (Å²) >= 11 is 0. The highest BCUT2D eigenvalue weighted by molar-refractivity contribution is 5.62. The lowest BCUT2D eigenvalue weighted by Gasteiger charge is -2.35. The Morgan fingerprint density at radius 1 is 0.903 bits per heavy atom. The zero-order valence-corrected chi connectivity index (χ0v) is 18.1. The van der Waals surface area contributed by atoms with E-state index in [-0.39, 0.29) is 0 Å². The molecule has 6 nitrogen and oxygen atoms in total. The van der Waals surface area contributed by atoms with Crippen LogP contribution in [0, 0.1) is 0 Å². The van der Waals surface area contributed by atoms with Crippen molar-refractivity contribution in [3.63, 3.8) is 0 Å². The first-order chi connectivity index (χ1) is 15.1. The summed E-state index contributed by atoms with van der Waals surface area (Å²) in [5, 5.41) is 3.33. The van der Waals surface area contributed by atoms with Crippen LogP contribution in [0.25, 0.3) is 0 Å². The monoisotopic (exact) mass is 420 g/mol. The largest absolute Gasteiger partial charge is 0.363 e. The average molecular weight is 421 g/mol. The first-order valence-corrected chi connectivity index (χ1v) is 10.6. The lowest BCUT2D eigenvalue weighted by molar-refractivity contribution is 0.249. The number of rotatable bonds is 7. The Morgan fingerprint density at radius 3 is 2.26 bits per heavy atom. The first kappa shape index (κ1) is 21.1. The second-order valence-electron chi connectivity index (χ2n) is 8.01. The molecule has 1 aliphatic heterocycles. The number of hydrogen-bond donors (Lipinski definition) is 1. The molecule has 31 heavy (non-hydrogen) atoms. The van der Waals surface area contributed by atoms with Crippen molar-refractivity contribution in [2.24, 2.45) is 0 Å². The molecule has 0 bridgehead atoms. The van der Waals surface area contributed by atoms with Gasteiger partial charge in [0, 0.05) is 58.6 Å². The Kier molecular flexibility index (Phi) is 6.62. The maximum atomic E-state index is 12.8. The number of hydrogen-bond acceptors (Lipinski definition) is 6. The summed E-state index contributed by atoms with van der Waals surface area (Å²) in [6, 6.07) is 19.8. The van der Waals surface area contributed by atoms with Crippen LogP contribution >= 0.6 is 0 Å². The lowest BCUT2D eigenvalue weighted by atomic mass is 10.2. The molecule has 162 valence electrons. The average Bonchev–Trinajstić information content (AvgIpc) is 2.80. The zero-order valence-electron chi connectivity index (χ0n) is 18.1. The normalized spacial score (nSPS) is 14.5. The van der Waals surface area contributed by atoms with E-state index in [1.54, 1.807) is 12.1 Å². The van der Waals surface area contributed by atoms with Crippen molar-refractivity contribution in [1.82, 2.24) is 14.9 Å². The standard InChI is InChI=1S/C24H29FN6/c1-29(2)23-16-22(26-21-10-8-19(17-25)9-11-21)27-24(28-23)31-14-12-30(13-15-31)18-20-6-4-3-5-7-20/h3-11,16H,12-15,17-18H2,1-2H3,(H,26,27,28). The van der Waals surface area contributed by atoms with E-state index < -0.39 is 6.67 Å². The molecule has 1 saturated heterocycles. The summed E-state index contributed by atoms with van der Waals surface area (Å²) in [5.41, 5.74) is 2.88. The molecule has 1 N–H and O–H groups in total. The van der Waals surface area contributed by atoms with Crippen molar-refractivity contribution in [1.29, 1.82) is 0 Å². The van der Waals surface area contributed by atoms with Gasteiger partial charge in [0.15, 0.2) is 0 Å². The van der Waals surface area contributed by atoms with Gasteiger partial charge in [-0.2, -0.15) is 9.97 Å². The summed E-state index contributed by atoms with van der Waals surface area (Å²) in [6.45, 7) is 4.21. The molecule has 2 heterocycles. The van der Waals surface area contributed by atoms with E-state index in [1.165, 1.54) is 5.56 Å². The number of halogens is 1. The van der Waals surface area contributed by atoms with Crippen LogP contribution in [-0.2, 0) is 13.2 Å². The highest BCUT2D eigenvalue weighted by Crippen LogP contribution is 2.23. The van der Waals surface area contributed by atoms with Gasteiger partial charge >= 0.3 is 0 Å². The number of piperazine rings is 1. The molecular weight excluding hydrogens is 391 g/mol. The Morgan fingerprint density at radius 2 is 1.61 bits per heavy atom. The molecule has 0 amide bonds. The fourth-order valence-electron chi connectivity index (χ4n) is 3.63. The molecule has 0 spiro atoms. The van der Waals surface area contributed by atoms with Crippen LogP contribution in [0.15, 0.2) is 60.7 Å². The van der Waals surface area contributed by atoms with Crippen molar-refractivity contribution in [2.45, 2.75) is 13.2 Å². The molecule has 0 atom stereocenters. The minimum absolute atomic E-state index is 0.459. The molecule has 2 aromatic carbocycles. The van der Waals surface area contributed by atoms with Gasteiger partial charge in [0.2, 0.25) is 5.95 Å². The highest BCUT2D eigenvalue weighted by atomic mass is 19.1. The van der Waals surface area contributed by atoms with Crippen LogP contribution in [-0.4, -0.2) is 55.1 Å². The Labute approximate surface area is 183 Å². The summed E-state index contributed by atoms with van der Waals surface area (Å²) in [4.78, 5) is 16.2. The summed E-state index contributed by atoms with van der Waals surface area (Å²) < 4.78 is 12.8. The minimum atomic E-state index is -0.459. The third-order valence-corrected chi connectivity index (χ3v) is 5.44. The molecule has 1 fully saturated rings. The van der Waals surface area contributed by atoms with Crippen molar-refractivity contribution in [3.8, 4) is 0 Å². The first-order valence-electron chi connectivity index (χ1n) is 10.6. The van der Waals surface area contributed by atoms with E-state index in [4.69, 9.17) is 9.97 Å². The maximum Gasteiger partial charge on any atom is 0.229 e. The van der Waals surface area contributed by atoms with Gasteiger partial charge in [-0.3, -0.25) is 4.90 Å². The topological polar surface area (TPSA) is 47.5 Å². The minimum Gasteiger partial charge on any atom is -0.363 e. The number of nitrogens with one attached hydrogen (secondary N) is 1. The fourth-order valence-corrected chi connectivity index (χ4v) is 3.63. The maximum absolute atomic E-state index is 12.8. The van der Waals surface area contributed by atoms with Crippen molar-refractivity contribution in [2.75, 3.05) is 55.4 Å². The van der Waals surface area contributed by atoms with Crippen molar-refractivity contribution in [3.05, 3.63) is 71.8 Å². The molecule has 0 radical (unpaired) electrons. The predicted octanol–water partition coefficient (Wildman–Crippen LogP) is 4.08. The van der Waals surface area contributed by atoms with Crippen LogP contribution in [0.4, 0.5) is 27.7 Å². The SMILES string of the molecule is CN(C)c1cc(Nc2ccc(CF)cc2)nc(N2CCN(Cc3ccccc3)CC2)n1. The van der Waals surface area contributed by atoms with Gasteiger partial charge in [-0.15, -0.1) is 0 Å². The van der Waals surface area contributed by atoms with Gasteiger partial charge in [0.05, 0.1) is 0 Å². The predicted molar refractivity (Wildman–Crippen MR) is 125 cm³/mol. The Balaban J connectivity index is 1.46. The summed E-state index contributed by atoms with van der Waals surface area (Å²) in [5.74, 6) is 2.31. The molecule has 4 rings (SSSR count). The lowest BCUT2D eigenvalue weighted by Crippen LogP contribution is -2.46. The van der Waals surface area contributed by atoms with Gasteiger partial charge in [-0.25, -0.2) is 4.39 Å². The smallest absolute Gasteiger partial charge is 0.229 e. The molecule has 7 heteroatoms. The van der Waals surface area contributed by atoms with Gasteiger partial charge in [0.1, 0.15) is 18.3 Å². The van der Waals surface area contributed by atoms with Gasteiger partial charge in [-0.1, -0.05) is 42.5 Å². The molecule has 1 aromatic heterocycles. The number of alkyl halides is 1. The van der Waals surface area contributed by atoms with Crippen molar-refractivity contribution >= 4 is 23.3 Å². The van der Waals surface area contributed by atoms with E-state index in [9.17, 15) is 4.39 Å². The third kappa shape index (κ3) is 5.49. The Bertz CT molecular complexity index is 969. The second-order valence-corrected chi connectivity index (χ2v) is 8.01. The van der Waals surface area contributed by atoms with Crippen LogP contribution in [0.5, 0.6) is 0 Å². The fraction of sp³-hybridized carbons (Fsp3) is 0.333. The quantitative estimate of drug-likeness (QED) is 0.622. The van der Waals surface area contributed by atoms with Crippen LogP contribution in [0.3, 0.4) is 0 Å². The molecule has 0 unspecified atom stereocenters. The summed E-state index contributed by atoms with van der Waals surface area (Å²) in [6.07, 6.45) is 0. The Hall–Kier alpha value is -3.19. The molecule has 3 aromatic rings. The highest BCUT2D eigenvalue weighted by Gasteiger charge is 2.20. The number of aromatic nitrogens is 2. The van der Waals surface area contributed by atoms with Crippen LogP contribution < -0.4 is 15.1 Å². The number of benzene rings is 2. The van der Waals surface area contributed by atoms with E-state index in [1.807, 2.05) is 37.2 Å². The summed E-state index contributed by atoms with van der Waals surface area (Å²) in [7, 11) is 3.95. The van der Waals surface area contributed by atoms with Gasteiger partial charge in [-0.05, 0) is 23.3 Å². The van der Waals surface area contributed by atoms with Gasteiger partial charge in [0.25, 0.3) is 0 Å².